The molecule has 1 saturated carbocycles. The zero-order valence-corrected chi connectivity index (χ0v) is 17.9. The van der Waals surface area contributed by atoms with Gasteiger partial charge in [-0.1, -0.05) is 0 Å². The largest absolute Gasteiger partial charge is 0.353 e. The molecule has 0 aliphatic heterocycles. The first-order valence-corrected chi connectivity index (χ1v) is 11.1. The summed E-state index contributed by atoms with van der Waals surface area (Å²) in [5.74, 6) is -1.70. The van der Waals surface area contributed by atoms with E-state index in [0.29, 0.717) is 0 Å². The zero-order chi connectivity index (χ0) is 22.8. The second-order valence-corrected chi connectivity index (χ2v) is 9.03. The average Bonchev–Trinajstić information content (AvgIpc) is 3.52. The van der Waals surface area contributed by atoms with E-state index in [1.54, 1.807) is 0 Å². The number of amides is 2. The average molecular weight is 451 g/mol. The molecule has 0 atom stereocenters. The quantitative estimate of drug-likeness (QED) is 0.519. The number of pyridine rings is 1. The van der Waals surface area contributed by atoms with Gasteiger partial charge in [-0.2, -0.15) is 0 Å². The number of benzene rings is 1. The Bertz CT molecular complexity index is 1120. The Hall–Kier alpha value is -3.25. The minimum Gasteiger partial charge on any atom is -0.353 e. The van der Waals surface area contributed by atoms with Crippen molar-refractivity contribution in [3.8, 4) is 0 Å². The van der Waals surface area contributed by atoms with Crippen LogP contribution in [0.4, 0.5) is 21.5 Å². The van der Waals surface area contributed by atoms with Gasteiger partial charge in [0, 0.05) is 25.4 Å². The van der Waals surface area contributed by atoms with Gasteiger partial charge in [-0.25, -0.2) is 18.3 Å². The predicted octanol–water partition coefficient (Wildman–Crippen LogP) is 1.54. The minimum absolute atomic E-state index is 0.0152. The van der Waals surface area contributed by atoms with E-state index < -0.39 is 27.7 Å². The Kier molecular flexibility index (Phi) is 6.41. The molecule has 1 aromatic heterocycles. The molecule has 1 aliphatic rings. The van der Waals surface area contributed by atoms with Crippen molar-refractivity contribution in [2.45, 2.75) is 18.9 Å². The maximum absolute atomic E-state index is 13.8. The zero-order valence-electron chi connectivity index (χ0n) is 17.1. The molecule has 1 heterocycles. The van der Waals surface area contributed by atoms with Crippen LogP contribution in [0.25, 0.3) is 0 Å². The van der Waals surface area contributed by atoms with Gasteiger partial charge in [0.05, 0.1) is 36.0 Å². The number of rotatable bonds is 8. The van der Waals surface area contributed by atoms with Crippen molar-refractivity contribution in [1.82, 2.24) is 15.8 Å². The maximum atomic E-state index is 13.8. The molecule has 0 unspecified atom stereocenters. The molecule has 0 spiro atoms. The molecule has 0 saturated heterocycles. The Morgan fingerprint density at radius 2 is 1.90 bits per heavy atom. The Balaban J connectivity index is 2.04. The summed E-state index contributed by atoms with van der Waals surface area (Å²) in [6, 6.07) is 4.97. The SMILES string of the molecule is CONC(=O)c1cnc(C(=O)NC2CC2)cc1Nc1ccc(F)cc1N(C)S(C)(=O)=O. The number of carbonyl (C=O) groups excluding carboxylic acids is 2. The minimum atomic E-state index is -3.70. The van der Waals surface area contributed by atoms with Crippen molar-refractivity contribution < 1.29 is 27.2 Å². The predicted molar refractivity (Wildman–Crippen MR) is 112 cm³/mol. The molecule has 3 N–H and O–H groups in total. The van der Waals surface area contributed by atoms with Gasteiger partial charge in [-0.05, 0) is 31.0 Å². The highest BCUT2D eigenvalue weighted by Crippen LogP contribution is 2.32. The van der Waals surface area contributed by atoms with Crippen LogP contribution >= 0.6 is 0 Å². The molecule has 2 amide bonds. The molecule has 1 aromatic carbocycles. The molecular weight excluding hydrogens is 429 g/mol. The van der Waals surface area contributed by atoms with E-state index >= 15 is 0 Å². The summed E-state index contributed by atoms with van der Waals surface area (Å²) in [7, 11) is -1.17. The number of sulfonamides is 1. The topological polar surface area (TPSA) is 130 Å². The number of anilines is 3. The molecule has 31 heavy (non-hydrogen) atoms. The molecule has 1 aliphatic carbocycles. The Labute approximate surface area is 178 Å². The number of hydroxylamine groups is 1. The highest BCUT2D eigenvalue weighted by Gasteiger charge is 2.25. The summed E-state index contributed by atoms with van der Waals surface area (Å²) in [6.07, 6.45) is 3.96. The molecule has 166 valence electrons. The standard InChI is InChI=1S/C19H22FN5O5S/c1-25(31(3,28)29)17-8-11(20)4-7-14(17)23-15-9-16(19(27)22-12-5-6-12)21-10-13(15)18(26)24-30-2/h4,7-10,12H,5-6H2,1-3H3,(H,21,23)(H,22,27)(H,24,26). The van der Waals surface area contributed by atoms with Crippen LogP contribution < -0.4 is 20.4 Å². The highest BCUT2D eigenvalue weighted by atomic mass is 32.2. The summed E-state index contributed by atoms with van der Waals surface area (Å²) >= 11 is 0. The van der Waals surface area contributed by atoms with Crippen molar-refractivity contribution in [2.24, 2.45) is 0 Å². The van der Waals surface area contributed by atoms with Crippen LogP contribution in [0.3, 0.4) is 0 Å². The summed E-state index contributed by atoms with van der Waals surface area (Å²) in [4.78, 5) is 33.5. The van der Waals surface area contributed by atoms with Gasteiger partial charge in [0.25, 0.3) is 11.8 Å². The number of nitrogens with one attached hydrogen (secondary N) is 3. The van der Waals surface area contributed by atoms with Crippen LogP contribution in [0.5, 0.6) is 0 Å². The third kappa shape index (κ3) is 5.47. The van der Waals surface area contributed by atoms with Crippen molar-refractivity contribution in [2.75, 3.05) is 30.0 Å². The van der Waals surface area contributed by atoms with E-state index in [1.165, 1.54) is 32.5 Å². The van der Waals surface area contributed by atoms with Gasteiger partial charge in [0.1, 0.15) is 11.5 Å². The normalized spacial score (nSPS) is 13.4. The lowest BCUT2D eigenvalue weighted by atomic mass is 10.1. The lowest BCUT2D eigenvalue weighted by molar-refractivity contribution is 0.0538. The molecular formula is C19H22FN5O5S. The molecule has 2 aromatic rings. The van der Waals surface area contributed by atoms with Gasteiger partial charge in [-0.15, -0.1) is 0 Å². The van der Waals surface area contributed by atoms with Crippen LogP contribution in [0.1, 0.15) is 33.7 Å². The summed E-state index contributed by atoms with van der Waals surface area (Å²) in [5.41, 5.74) is 2.62. The van der Waals surface area contributed by atoms with Crippen LogP contribution in [-0.2, 0) is 14.9 Å². The van der Waals surface area contributed by atoms with E-state index in [0.717, 1.165) is 35.5 Å². The number of aromatic nitrogens is 1. The number of hydrogen-bond acceptors (Lipinski definition) is 7. The first kappa shape index (κ1) is 22.4. The van der Waals surface area contributed by atoms with Gasteiger partial charge in [0.15, 0.2) is 0 Å². The van der Waals surface area contributed by atoms with Gasteiger partial charge < -0.3 is 10.6 Å². The van der Waals surface area contributed by atoms with E-state index in [9.17, 15) is 22.4 Å². The van der Waals surface area contributed by atoms with Gasteiger partial charge in [0.2, 0.25) is 10.0 Å². The molecule has 10 nitrogen and oxygen atoms in total. The number of carbonyl (C=O) groups is 2. The maximum Gasteiger partial charge on any atom is 0.278 e. The van der Waals surface area contributed by atoms with Crippen LogP contribution in [0.2, 0.25) is 0 Å². The van der Waals surface area contributed by atoms with Crippen molar-refractivity contribution in [1.29, 1.82) is 0 Å². The monoisotopic (exact) mass is 451 g/mol. The Morgan fingerprint density at radius 1 is 1.19 bits per heavy atom. The van der Waals surface area contributed by atoms with Crippen molar-refractivity contribution in [3.63, 3.8) is 0 Å². The third-order valence-electron chi connectivity index (χ3n) is 4.55. The van der Waals surface area contributed by atoms with Gasteiger partial charge in [-0.3, -0.25) is 23.7 Å². The fourth-order valence-corrected chi connectivity index (χ4v) is 3.20. The number of nitrogens with zero attached hydrogens (tertiary/aromatic N) is 2. The highest BCUT2D eigenvalue weighted by molar-refractivity contribution is 7.92. The summed E-state index contributed by atoms with van der Waals surface area (Å²) in [6.45, 7) is 0. The number of halogens is 1. The smallest absolute Gasteiger partial charge is 0.278 e. The number of hydrogen-bond donors (Lipinski definition) is 3. The van der Waals surface area contributed by atoms with Gasteiger partial charge >= 0.3 is 0 Å². The molecule has 3 rings (SSSR count). The van der Waals surface area contributed by atoms with Crippen LogP contribution in [0, 0.1) is 5.82 Å². The first-order chi connectivity index (χ1) is 14.6. The second-order valence-electron chi connectivity index (χ2n) is 7.02. The van der Waals surface area contributed by atoms with E-state index in [-0.39, 0.29) is 34.4 Å². The van der Waals surface area contributed by atoms with Crippen molar-refractivity contribution >= 4 is 38.9 Å². The van der Waals surface area contributed by atoms with Crippen LogP contribution in [0.15, 0.2) is 30.5 Å². The fraction of sp³-hybridized carbons (Fsp3) is 0.316. The lowest BCUT2D eigenvalue weighted by Gasteiger charge is -2.22. The fourth-order valence-electron chi connectivity index (χ4n) is 2.69. The molecule has 0 radical (unpaired) electrons. The van der Waals surface area contributed by atoms with Crippen LogP contribution in [-0.4, -0.2) is 51.7 Å². The molecule has 0 bridgehead atoms. The Morgan fingerprint density at radius 3 is 2.52 bits per heavy atom. The van der Waals surface area contributed by atoms with E-state index in [2.05, 4.69) is 25.9 Å². The van der Waals surface area contributed by atoms with Crippen molar-refractivity contribution in [3.05, 3.63) is 47.5 Å². The van der Waals surface area contributed by atoms with E-state index in [4.69, 9.17) is 0 Å². The summed E-state index contributed by atoms with van der Waals surface area (Å²) in [5, 5.41) is 5.72. The lowest BCUT2D eigenvalue weighted by Crippen LogP contribution is -2.28. The molecule has 12 heteroatoms. The summed E-state index contributed by atoms with van der Waals surface area (Å²) < 4.78 is 38.7. The first-order valence-electron chi connectivity index (χ1n) is 9.25. The molecule has 1 fully saturated rings. The van der Waals surface area contributed by atoms with E-state index in [1.807, 2.05) is 0 Å². The third-order valence-corrected chi connectivity index (χ3v) is 5.75. The second kappa shape index (κ2) is 8.86.